The quantitative estimate of drug-likeness (QED) is 0.657. The molecule has 0 aliphatic carbocycles. The van der Waals surface area contributed by atoms with Gasteiger partial charge in [0.2, 0.25) is 0 Å². The van der Waals surface area contributed by atoms with E-state index in [0.717, 1.165) is 5.56 Å². The highest BCUT2D eigenvalue weighted by Gasteiger charge is 2.15. The molecule has 3 rings (SSSR count). The molecule has 0 aliphatic rings. The van der Waals surface area contributed by atoms with E-state index < -0.39 is 0 Å². The lowest BCUT2D eigenvalue weighted by molar-refractivity contribution is 0.0921. The summed E-state index contributed by atoms with van der Waals surface area (Å²) in [6.07, 6.45) is 0.619. The fourth-order valence-corrected chi connectivity index (χ4v) is 2.77. The van der Waals surface area contributed by atoms with Crippen LogP contribution in [-0.2, 0) is 6.42 Å². The molecule has 1 amide bonds. The van der Waals surface area contributed by atoms with Crippen LogP contribution in [0.5, 0.6) is 5.75 Å². The van der Waals surface area contributed by atoms with Crippen molar-refractivity contribution in [1.82, 2.24) is 5.32 Å². The molecule has 3 aromatic carbocycles. The van der Waals surface area contributed by atoms with Crippen LogP contribution < -0.4 is 15.5 Å². The minimum absolute atomic E-state index is 0.157. The summed E-state index contributed by atoms with van der Waals surface area (Å²) in [5.74, 6) is -0.0132. The van der Waals surface area contributed by atoms with Crippen LogP contribution >= 0.6 is 0 Å². The first kappa shape index (κ1) is 18.7. The van der Waals surface area contributed by atoms with Crippen molar-refractivity contribution in [2.24, 2.45) is 0 Å². The maximum absolute atomic E-state index is 13.7. The molecular formula is C22H21BFNO2. The number of nitrogens with one attached hydrogen (secondary N) is 1. The third kappa shape index (κ3) is 5.45. The van der Waals surface area contributed by atoms with Crippen LogP contribution in [0.1, 0.15) is 15.9 Å². The summed E-state index contributed by atoms with van der Waals surface area (Å²) in [6.45, 7) is 0.246. The Morgan fingerprint density at radius 2 is 1.67 bits per heavy atom. The molecule has 0 fully saturated rings. The number of hydrogen-bond donors (Lipinski definition) is 1. The van der Waals surface area contributed by atoms with Crippen LogP contribution in [0.4, 0.5) is 4.39 Å². The topological polar surface area (TPSA) is 38.3 Å². The van der Waals surface area contributed by atoms with Gasteiger partial charge in [0.1, 0.15) is 26.0 Å². The molecule has 1 N–H and O–H groups in total. The van der Waals surface area contributed by atoms with Gasteiger partial charge in [0.05, 0.1) is 6.04 Å². The zero-order chi connectivity index (χ0) is 19.1. The number of benzene rings is 3. The van der Waals surface area contributed by atoms with Crippen molar-refractivity contribution in [1.29, 1.82) is 0 Å². The molecule has 0 saturated carbocycles. The highest BCUT2D eigenvalue weighted by atomic mass is 19.1. The highest BCUT2D eigenvalue weighted by molar-refractivity contribution is 6.32. The van der Waals surface area contributed by atoms with Gasteiger partial charge >= 0.3 is 0 Å². The molecular weight excluding hydrogens is 340 g/mol. The third-order valence-electron chi connectivity index (χ3n) is 4.29. The van der Waals surface area contributed by atoms with E-state index in [1.54, 1.807) is 32.1 Å². The summed E-state index contributed by atoms with van der Waals surface area (Å²) in [7, 11) is 1.71. The van der Waals surface area contributed by atoms with Gasteiger partial charge in [-0.3, -0.25) is 4.79 Å². The number of carbonyl (C=O) groups is 1. The van der Waals surface area contributed by atoms with Crippen molar-refractivity contribution in [3.8, 4) is 5.75 Å². The van der Waals surface area contributed by atoms with E-state index in [9.17, 15) is 9.18 Å². The highest BCUT2D eigenvalue weighted by Crippen LogP contribution is 2.12. The summed E-state index contributed by atoms with van der Waals surface area (Å²) in [5, 5.41) is 3.02. The number of halogens is 1. The van der Waals surface area contributed by atoms with Gasteiger partial charge in [-0.15, -0.1) is 0 Å². The second-order valence-corrected chi connectivity index (χ2v) is 6.45. The van der Waals surface area contributed by atoms with Gasteiger partial charge in [-0.2, -0.15) is 0 Å². The van der Waals surface area contributed by atoms with E-state index in [0.29, 0.717) is 23.2 Å². The Morgan fingerprint density at radius 3 is 2.33 bits per heavy atom. The molecule has 0 saturated heterocycles. The predicted molar refractivity (Wildman–Crippen MR) is 108 cm³/mol. The number of hydrogen-bond acceptors (Lipinski definition) is 2. The van der Waals surface area contributed by atoms with Crippen LogP contribution in [0.25, 0.3) is 0 Å². The van der Waals surface area contributed by atoms with Gasteiger partial charge in [0.15, 0.2) is 0 Å². The monoisotopic (exact) mass is 361 g/mol. The summed E-state index contributed by atoms with van der Waals surface area (Å²) < 4.78 is 19.5. The van der Waals surface area contributed by atoms with E-state index in [1.165, 1.54) is 6.07 Å². The van der Waals surface area contributed by atoms with Crippen molar-refractivity contribution >= 4 is 19.2 Å². The molecule has 0 radical (unpaired) electrons. The van der Waals surface area contributed by atoms with Crippen molar-refractivity contribution < 1.29 is 13.9 Å². The van der Waals surface area contributed by atoms with Gasteiger partial charge in [-0.25, -0.2) is 4.39 Å². The van der Waals surface area contributed by atoms with E-state index >= 15 is 0 Å². The lowest BCUT2D eigenvalue weighted by Gasteiger charge is -2.20. The zero-order valence-electron chi connectivity index (χ0n) is 15.2. The SMILES string of the molecule is Bc1ccc(OC[C@H](Cc2ccccc2)NC(=O)c2ccccc2)cc1F. The van der Waals surface area contributed by atoms with E-state index in [4.69, 9.17) is 4.74 Å². The maximum Gasteiger partial charge on any atom is 0.251 e. The molecule has 0 unspecified atom stereocenters. The lowest BCUT2D eigenvalue weighted by Crippen LogP contribution is -2.40. The fourth-order valence-electron chi connectivity index (χ4n) is 2.77. The molecule has 0 aromatic heterocycles. The summed E-state index contributed by atoms with van der Waals surface area (Å²) in [4.78, 5) is 12.5. The van der Waals surface area contributed by atoms with E-state index in [2.05, 4.69) is 5.32 Å². The molecule has 0 heterocycles. The molecule has 27 heavy (non-hydrogen) atoms. The third-order valence-corrected chi connectivity index (χ3v) is 4.29. The molecule has 0 aliphatic heterocycles. The molecule has 3 aromatic rings. The van der Waals surface area contributed by atoms with Gasteiger partial charge < -0.3 is 10.1 Å². The summed E-state index contributed by atoms with van der Waals surface area (Å²) in [5.41, 5.74) is 2.26. The van der Waals surface area contributed by atoms with E-state index in [-0.39, 0.29) is 24.4 Å². The molecule has 3 nitrogen and oxygen atoms in total. The minimum atomic E-state index is -0.305. The number of amides is 1. The van der Waals surface area contributed by atoms with Crippen molar-refractivity contribution in [2.45, 2.75) is 12.5 Å². The largest absolute Gasteiger partial charge is 0.491 e. The van der Waals surface area contributed by atoms with Crippen LogP contribution in [0.15, 0.2) is 78.9 Å². The Morgan fingerprint density at radius 1 is 1.00 bits per heavy atom. The average molecular weight is 361 g/mol. The first-order valence-electron chi connectivity index (χ1n) is 8.90. The Bertz CT molecular complexity index is 887. The minimum Gasteiger partial charge on any atom is -0.491 e. The van der Waals surface area contributed by atoms with Crippen molar-refractivity contribution in [2.75, 3.05) is 6.61 Å². The fraction of sp³-hybridized carbons (Fsp3) is 0.136. The smallest absolute Gasteiger partial charge is 0.251 e. The van der Waals surface area contributed by atoms with Gasteiger partial charge in [-0.1, -0.05) is 60.1 Å². The second kappa shape index (κ2) is 9.03. The Hall–Kier alpha value is -3.08. The number of rotatable bonds is 7. The molecule has 0 bridgehead atoms. The second-order valence-electron chi connectivity index (χ2n) is 6.45. The zero-order valence-corrected chi connectivity index (χ0v) is 15.2. The number of carbonyl (C=O) groups excluding carboxylic acids is 1. The summed E-state index contributed by atoms with van der Waals surface area (Å²) >= 11 is 0. The van der Waals surface area contributed by atoms with Crippen LogP contribution in [0.2, 0.25) is 0 Å². The standard InChI is InChI=1S/C22H21BFNO2/c23-20-12-11-19(14-21(20)24)27-15-18(13-16-7-3-1-4-8-16)25-22(26)17-9-5-2-6-10-17/h1-12,14,18H,13,15,23H2,(H,25,26)/t18-/m0/s1. The molecule has 136 valence electrons. The molecule has 5 heteroatoms. The molecule has 0 spiro atoms. The van der Waals surface area contributed by atoms with E-state index in [1.807, 2.05) is 48.5 Å². The summed E-state index contributed by atoms with van der Waals surface area (Å²) in [6, 6.07) is 23.5. The van der Waals surface area contributed by atoms with Crippen LogP contribution in [-0.4, -0.2) is 26.4 Å². The van der Waals surface area contributed by atoms with Crippen LogP contribution in [0, 0.1) is 5.82 Å². The number of ether oxygens (including phenoxy) is 1. The Kier molecular flexibility index (Phi) is 6.26. The van der Waals surface area contributed by atoms with Crippen LogP contribution in [0.3, 0.4) is 0 Å². The van der Waals surface area contributed by atoms with Gasteiger partial charge in [0, 0.05) is 11.6 Å². The van der Waals surface area contributed by atoms with Crippen molar-refractivity contribution in [3.63, 3.8) is 0 Å². The average Bonchev–Trinajstić information content (AvgIpc) is 2.70. The Labute approximate surface area is 159 Å². The Balaban J connectivity index is 1.70. The predicted octanol–water partition coefficient (Wildman–Crippen LogP) is 2.50. The first-order chi connectivity index (χ1) is 13.1. The normalized spacial score (nSPS) is 11.6. The molecule has 1 atom stereocenters. The van der Waals surface area contributed by atoms with Crippen molar-refractivity contribution in [3.05, 3.63) is 95.8 Å². The van der Waals surface area contributed by atoms with Gasteiger partial charge in [-0.05, 0) is 30.2 Å². The van der Waals surface area contributed by atoms with Gasteiger partial charge in [0.25, 0.3) is 5.91 Å². The lowest BCUT2D eigenvalue weighted by atomic mass is 9.96. The first-order valence-corrected chi connectivity index (χ1v) is 8.90. The maximum atomic E-state index is 13.7.